The third kappa shape index (κ3) is 7.47. The van der Waals surface area contributed by atoms with Gasteiger partial charge >= 0.3 is 0 Å². The molecule has 5 atom stereocenters. The molecule has 0 heterocycles. The second-order valence-electron chi connectivity index (χ2n) is 14.4. The van der Waals surface area contributed by atoms with E-state index in [-0.39, 0.29) is 35.0 Å². The van der Waals surface area contributed by atoms with Crippen LogP contribution in [0, 0.1) is 22.7 Å². The van der Waals surface area contributed by atoms with E-state index in [1.165, 1.54) is 20.7 Å². The van der Waals surface area contributed by atoms with Gasteiger partial charge in [0.05, 0.1) is 12.2 Å². The topological polar surface area (TPSA) is 44.5 Å². The first-order valence-electron chi connectivity index (χ1n) is 15.8. The molecule has 0 bridgehead atoms. The summed E-state index contributed by atoms with van der Waals surface area (Å²) < 4.78 is 14.9. The van der Waals surface area contributed by atoms with Crippen molar-refractivity contribution in [3.05, 3.63) is 121 Å². The highest BCUT2D eigenvalue weighted by Crippen LogP contribution is 2.49. The van der Waals surface area contributed by atoms with Gasteiger partial charge in [0, 0.05) is 12.0 Å². The average molecular weight is 608 g/mol. The highest BCUT2D eigenvalue weighted by Gasteiger charge is 2.54. The van der Waals surface area contributed by atoms with Crippen LogP contribution in [0.3, 0.4) is 0 Å². The van der Waals surface area contributed by atoms with Crippen LogP contribution in [0.15, 0.2) is 121 Å². The Labute approximate surface area is 262 Å². The smallest absolute Gasteiger partial charge is 0.240 e. The van der Waals surface area contributed by atoms with Gasteiger partial charge in [-0.2, -0.15) is 0 Å². The minimum atomic E-state index is -1.99. The van der Waals surface area contributed by atoms with Crippen LogP contribution in [0.1, 0.15) is 48.0 Å². The molecule has 1 unspecified atom stereocenters. The van der Waals surface area contributed by atoms with Crippen molar-refractivity contribution in [3.8, 4) is 0 Å². The summed E-state index contributed by atoms with van der Waals surface area (Å²) in [5, 5.41) is 5.23. The average Bonchev–Trinajstić information content (AvgIpc) is 2.99. The summed E-state index contributed by atoms with van der Waals surface area (Å²) >= 11 is 0. The first-order chi connectivity index (χ1) is 20.5. The summed E-state index contributed by atoms with van der Waals surface area (Å²) in [6.07, 6.45) is 1.01. The lowest BCUT2D eigenvalue weighted by Crippen LogP contribution is -2.65. The lowest BCUT2D eigenvalue weighted by molar-refractivity contribution is -0.109. The van der Waals surface area contributed by atoms with Crippen molar-refractivity contribution in [1.82, 2.24) is 0 Å². The maximum Gasteiger partial charge on any atom is 0.240 e. The Balaban J connectivity index is 1.51. The number of rotatable bonds is 10. The van der Waals surface area contributed by atoms with E-state index < -0.39 is 18.1 Å². The SMILES string of the molecule is CC(C)(C)C(O[SiH](c1ccccc1)c1ccccc1)[C@H]1C[C@@H](N)[C@@H]1[C@H](O[SiH](c1ccccc1)c1ccccc1)C(C)(C)C. The molecule has 0 aromatic heterocycles. The van der Waals surface area contributed by atoms with E-state index in [1.807, 2.05) is 0 Å². The summed E-state index contributed by atoms with van der Waals surface area (Å²) in [6.45, 7) is 14.0. The molecule has 3 nitrogen and oxygen atoms in total. The predicted octanol–water partition coefficient (Wildman–Crippen LogP) is 4.89. The Bertz CT molecular complexity index is 1330. The minimum absolute atomic E-state index is 0.000321. The molecule has 1 aliphatic rings. The third-order valence-corrected chi connectivity index (χ3v) is 14.0. The van der Waals surface area contributed by atoms with Gasteiger partial charge < -0.3 is 14.6 Å². The van der Waals surface area contributed by atoms with Gasteiger partial charge in [-0.05, 0) is 43.9 Å². The summed E-state index contributed by atoms with van der Waals surface area (Å²) in [5.74, 6) is 0.510. The fourth-order valence-corrected chi connectivity index (χ4v) is 12.3. The lowest BCUT2D eigenvalue weighted by Gasteiger charge is -2.56. The molecule has 1 fully saturated rings. The molecule has 0 radical (unpaired) electrons. The monoisotopic (exact) mass is 607 g/mol. The van der Waals surface area contributed by atoms with E-state index in [0.29, 0.717) is 5.92 Å². The predicted molar refractivity (Wildman–Crippen MR) is 187 cm³/mol. The molecule has 5 rings (SSSR count). The van der Waals surface area contributed by atoms with Crippen LogP contribution in [0.5, 0.6) is 0 Å². The molecule has 0 saturated heterocycles. The minimum Gasteiger partial charge on any atom is -0.407 e. The van der Waals surface area contributed by atoms with Gasteiger partial charge in [0.2, 0.25) is 18.1 Å². The summed E-state index contributed by atoms with van der Waals surface area (Å²) in [5.41, 5.74) is 6.84. The van der Waals surface area contributed by atoms with Gasteiger partial charge in [-0.25, -0.2) is 0 Å². The van der Waals surface area contributed by atoms with Crippen molar-refractivity contribution in [3.63, 3.8) is 0 Å². The fraction of sp³-hybridized carbons (Fsp3) is 0.368. The number of nitrogens with two attached hydrogens (primary N) is 1. The second-order valence-corrected chi connectivity index (χ2v) is 19.1. The molecule has 4 aromatic carbocycles. The van der Waals surface area contributed by atoms with Gasteiger partial charge in [0.1, 0.15) is 0 Å². The standard InChI is InChI=1S/C38H49NO2Si2/c1-37(2,3)35(40-42(28-19-11-7-12-20-28)29-21-13-8-14-22-29)32-27-33(39)34(32)36(38(4,5)6)41-43(30-23-15-9-16-24-30)31-25-17-10-18-26-31/h7-26,32-36,42-43H,27,39H2,1-6H3/t32-,33+,34+,35?,36-/m0/s1. The summed E-state index contributed by atoms with van der Waals surface area (Å²) in [7, 11) is -3.95. The van der Waals surface area contributed by atoms with Gasteiger partial charge in [0.15, 0.2) is 0 Å². The Kier molecular flexibility index (Phi) is 9.89. The van der Waals surface area contributed by atoms with Crippen LogP contribution in [0.25, 0.3) is 0 Å². The number of benzene rings is 4. The van der Waals surface area contributed by atoms with E-state index in [9.17, 15) is 0 Å². The van der Waals surface area contributed by atoms with Crippen LogP contribution in [-0.4, -0.2) is 36.3 Å². The van der Waals surface area contributed by atoms with Crippen molar-refractivity contribution in [2.45, 2.75) is 66.2 Å². The van der Waals surface area contributed by atoms with Crippen molar-refractivity contribution in [2.75, 3.05) is 0 Å². The largest absolute Gasteiger partial charge is 0.407 e. The lowest BCUT2D eigenvalue weighted by atomic mass is 9.57. The molecule has 43 heavy (non-hydrogen) atoms. The Morgan fingerprint density at radius 2 is 0.837 bits per heavy atom. The normalized spacial score (nSPS) is 20.5. The first kappa shape index (κ1) is 31.6. The molecule has 5 heteroatoms. The van der Waals surface area contributed by atoms with Gasteiger partial charge in [-0.15, -0.1) is 0 Å². The van der Waals surface area contributed by atoms with Gasteiger partial charge in [-0.3, -0.25) is 0 Å². The van der Waals surface area contributed by atoms with E-state index in [1.54, 1.807) is 0 Å². The van der Waals surface area contributed by atoms with Crippen LogP contribution in [0.4, 0.5) is 0 Å². The molecule has 2 N–H and O–H groups in total. The highest BCUT2D eigenvalue weighted by atomic mass is 28.3. The third-order valence-electron chi connectivity index (χ3n) is 8.95. The number of hydrogen-bond acceptors (Lipinski definition) is 3. The van der Waals surface area contributed by atoms with Crippen molar-refractivity contribution in [2.24, 2.45) is 28.4 Å². The zero-order valence-electron chi connectivity index (χ0n) is 26.7. The fourth-order valence-electron chi connectivity index (χ4n) is 6.85. The molecule has 0 spiro atoms. The number of hydrogen-bond donors (Lipinski definition) is 1. The Morgan fingerprint density at radius 3 is 1.12 bits per heavy atom. The molecule has 0 aliphatic heterocycles. The summed E-state index contributed by atoms with van der Waals surface area (Å²) in [6, 6.07) is 43.4. The maximum atomic E-state index is 7.45. The molecule has 1 saturated carbocycles. The first-order valence-corrected chi connectivity index (χ1v) is 19.1. The van der Waals surface area contributed by atoms with E-state index in [0.717, 1.165) is 6.42 Å². The summed E-state index contributed by atoms with van der Waals surface area (Å²) in [4.78, 5) is 0. The van der Waals surface area contributed by atoms with Gasteiger partial charge in [0.25, 0.3) is 0 Å². The molecule has 226 valence electrons. The molecule has 4 aromatic rings. The molecule has 0 amide bonds. The van der Waals surface area contributed by atoms with Crippen LogP contribution in [0.2, 0.25) is 0 Å². The van der Waals surface area contributed by atoms with E-state index in [4.69, 9.17) is 14.6 Å². The van der Waals surface area contributed by atoms with Crippen molar-refractivity contribution >= 4 is 38.8 Å². The zero-order valence-corrected chi connectivity index (χ0v) is 29.0. The van der Waals surface area contributed by atoms with Gasteiger partial charge in [-0.1, -0.05) is 163 Å². The second kappa shape index (κ2) is 13.5. The molecular formula is C38H49NO2Si2. The highest BCUT2D eigenvalue weighted by molar-refractivity contribution is 6.80. The Hall–Kier alpha value is -2.81. The molecule has 1 aliphatic carbocycles. The van der Waals surface area contributed by atoms with Crippen molar-refractivity contribution in [1.29, 1.82) is 0 Å². The quantitative estimate of drug-likeness (QED) is 0.261. The van der Waals surface area contributed by atoms with Crippen LogP contribution >= 0.6 is 0 Å². The molecular weight excluding hydrogens is 559 g/mol. The Morgan fingerprint density at radius 1 is 0.535 bits per heavy atom. The van der Waals surface area contributed by atoms with Crippen molar-refractivity contribution < 1.29 is 8.85 Å². The van der Waals surface area contributed by atoms with Crippen LogP contribution in [-0.2, 0) is 8.85 Å². The maximum absolute atomic E-state index is 7.45. The van der Waals surface area contributed by atoms with E-state index in [2.05, 4.69) is 163 Å². The van der Waals surface area contributed by atoms with E-state index >= 15 is 0 Å². The zero-order chi connectivity index (χ0) is 30.6. The van der Waals surface area contributed by atoms with Crippen LogP contribution < -0.4 is 26.5 Å².